The third-order valence-corrected chi connectivity index (χ3v) is 0.946. The molecule has 42 valence electrons. The van der Waals surface area contributed by atoms with Gasteiger partial charge >= 0.3 is 0 Å². The van der Waals surface area contributed by atoms with Crippen molar-refractivity contribution in [2.24, 2.45) is 5.73 Å². The Morgan fingerprint density at radius 2 is 2.00 bits per heavy atom. The van der Waals surface area contributed by atoms with Crippen molar-refractivity contribution in [3.8, 4) is 0 Å². The molecule has 2 N–H and O–H groups in total. The summed E-state index contributed by atoms with van der Waals surface area (Å²) in [6, 6.07) is 0.275. The van der Waals surface area contributed by atoms with Gasteiger partial charge in [-0.2, -0.15) is 0 Å². The fourth-order valence-corrected chi connectivity index (χ4v) is 0.407. The molecule has 0 saturated heterocycles. The first-order valence-corrected chi connectivity index (χ1v) is 2.65. The zero-order chi connectivity index (χ0) is 5.70. The van der Waals surface area contributed by atoms with Gasteiger partial charge in [0.1, 0.15) is 0 Å². The fraction of sp³-hybridized carbons (Fsp3) is 0.667. The van der Waals surface area contributed by atoms with Gasteiger partial charge in [-0.1, -0.05) is 20.3 Å². The van der Waals surface area contributed by atoms with Crippen molar-refractivity contribution < 1.29 is 0 Å². The second-order valence-corrected chi connectivity index (χ2v) is 1.69. The van der Waals surface area contributed by atoms with Crippen LogP contribution in [0.4, 0.5) is 0 Å². The molecule has 0 aromatic heterocycles. The van der Waals surface area contributed by atoms with Gasteiger partial charge in [-0.25, -0.2) is 0 Å². The molecular weight excluding hydrogens is 86.1 g/mol. The van der Waals surface area contributed by atoms with Crippen LogP contribution >= 0.6 is 0 Å². The summed E-state index contributed by atoms with van der Waals surface area (Å²) in [6.07, 6.45) is 2.76. The molecule has 0 amide bonds. The monoisotopic (exact) mass is 99.1 g/mol. The lowest BCUT2D eigenvalue weighted by Crippen LogP contribution is -2.17. The summed E-state index contributed by atoms with van der Waals surface area (Å²) in [4.78, 5) is 0. The van der Waals surface area contributed by atoms with Crippen molar-refractivity contribution in [3.05, 3.63) is 13.8 Å². The number of hydrogen-bond acceptors (Lipinski definition) is 1. The molecule has 0 rings (SSSR count). The molecule has 0 fully saturated rings. The lowest BCUT2D eigenvalue weighted by molar-refractivity contribution is 0.626. The van der Waals surface area contributed by atoms with E-state index in [4.69, 9.17) is 5.73 Å². The molecular formula is C6H13N. The third-order valence-electron chi connectivity index (χ3n) is 0.946. The van der Waals surface area contributed by atoms with Crippen LogP contribution in [0.15, 0.2) is 0 Å². The lowest BCUT2D eigenvalue weighted by atomic mass is 10.1. The van der Waals surface area contributed by atoms with E-state index in [0.717, 1.165) is 19.3 Å². The van der Waals surface area contributed by atoms with Crippen molar-refractivity contribution in [1.82, 2.24) is 0 Å². The second kappa shape index (κ2) is 4.13. The molecule has 0 heterocycles. The molecule has 0 spiro atoms. The van der Waals surface area contributed by atoms with Crippen LogP contribution in [0.5, 0.6) is 0 Å². The van der Waals surface area contributed by atoms with E-state index in [-0.39, 0.29) is 6.04 Å². The van der Waals surface area contributed by atoms with Gasteiger partial charge in [-0.15, -0.1) is 0 Å². The van der Waals surface area contributed by atoms with Crippen molar-refractivity contribution in [1.29, 1.82) is 0 Å². The summed E-state index contributed by atoms with van der Waals surface area (Å²) in [7, 11) is 0. The van der Waals surface area contributed by atoms with Gasteiger partial charge in [-0.05, 0) is 12.8 Å². The van der Waals surface area contributed by atoms with E-state index in [1.807, 2.05) is 0 Å². The molecule has 0 aliphatic rings. The molecule has 0 aromatic carbocycles. The molecule has 2 radical (unpaired) electrons. The Hall–Kier alpha value is -0.0400. The largest absolute Gasteiger partial charge is 0.328 e. The Labute approximate surface area is 45.9 Å². The van der Waals surface area contributed by atoms with Gasteiger partial charge in [0.15, 0.2) is 0 Å². The highest BCUT2D eigenvalue weighted by Gasteiger charge is 1.92. The van der Waals surface area contributed by atoms with Crippen LogP contribution in [0.2, 0.25) is 0 Å². The maximum atomic E-state index is 5.48. The Balaban J connectivity index is 2.83. The lowest BCUT2D eigenvalue weighted by Gasteiger charge is -2.02. The number of hydrogen-bond donors (Lipinski definition) is 1. The van der Waals surface area contributed by atoms with E-state index >= 15 is 0 Å². The summed E-state index contributed by atoms with van der Waals surface area (Å²) in [6.45, 7) is 7.32. The number of rotatable bonds is 3. The van der Waals surface area contributed by atoms with Crippen molar-refractivity contribution in [2.45, 2.75) is 25.3 Å². The van der Waals surface area contributed by atoms with E-state index < -0.39 is 0 Å². The average Bonchev–Trinajstić information content (AvgIpc) is 1.68. The summed E-state index contributed by atoms with van der Waals surface area (Å²) in [5.74, 6) is 0. The van der Waals surface area contributed by atoms with Gasteiger partial charge in [0, 0.05) is 6.04 Å². The quantitative estimate of drug-likeness (QED) is 0.564. The summed E-state index contributed by atoms with van der Waals surface area (Å²) < 4.78 is 0. The molecule has 0 aliphatic heterocycles. The van der Waals surface area contributed by atoms with E-state index in [2.05, 4.69) is 13.8 Å². The SMILES string of the molecule is [CH2]CCC(N)C[CH2]. The van der Waals surface area contributed by atoms with Crippen LogP contribution in [0, 0.1) is 13.8 Å². The zero-order valence-corrected chi connectivity index (χ0v) is 4.69. The maximum absolute atomic E-state index is 5.48. The first-order valence-electron chi connectivity index (χ1n) is 2.65. The van der Waals surface area contributed by atoms with E-state index in [1.54, 1.807) is 0 Å². The minimum Gasteiger partial charge on any atom is -0.328 e. The smallest absolute Gasteiger partial charge is 0.00388 e. The molecule has 0 aliphatic carbocycles. The molecule has 0 aromatic rings. The Morgan fingerprint density at radius 3 is 2.14 bits per heavy atom. The molecule has 7 heavy (non-hydrogen) atoms. The van der Waals surface area contributed by atoms with Crippen molar-refractivity contribution in [3.63, 3.8) is 0 Å². The normalized spacial score (nSPS) is 14.1. The van der Waals surface area contributed by atoms with Crippen molar-refractivity contribution in [2.75, 3.05) is 0 Å². The van der Waals surface area contributed by atoms with Crippen LogP contribution in [-0.2, 0) is 0 Å². The maximum Gasteiger partial charge on any atom is 0.00388 e. The molecule has 1 heteroatoms. The molecule has 0 bridgehead atoms. The fourth-order valence-electron chi connectivity index (χ4n) is 0.407. The first-order chi connectivity index (χ1) is 3.31. The molecule has 0 saturated carbocycles. The molecule has 1 atom stereocenters. The molecule has 1 nitrogen and oxygen atoms in total. The van der Waals surface area contributed by atoms with Gasteiger partial charge in [0.2, 0.25) is 0 Å². The molecule has 1 unspecified atom stereocenters. The highest BCUT2D eigenvalue weighted by molar-refractivity contribution is 4.61. The van der Waals surface area contributed by atoms with E-state index in [9.17, 15) is 0 Å². The Morgan fingerprint density at radius 1 is 1.43 bits per heavy atom. The summed E-state index contributed by atoms with van der Waals surface area (Å²) in [5, 5.41) is 0. The predicted octanol–water partition coefficient (Wildman–Crippen LogP) is 1.15. The minimum absolute atomic E-state index is 0.275. The highest BCUT2D eigenvalue weighted by Crippen LogP contribution is 1.94. The summed E-state index contributed by atoms with van der Waals surface area (Å²) in [5.41, 5.74) is 5.48. The van der Waals surface area contributed by atoms with Gasteiger partial charge in [0.25, 0.3) is 0 Å². The zero-order valence-electron chi connectivity index (χ0n) is 4.69. The highest BCUT2D eigenvalue weighted by atomic mass is 14.6. The predicted molar refractivity (Wildman–Crippen MR) is 32.5 cm³/mol. The van der Waals surface area contributed by atoms with Crippen LogP contribution in [0.1, 0.15) is 19.3 Å². The topological polar surface area (TPSA) is 26.0 Å². The Bertz CT molecular complexity index is 35.2. The van der Waals surface area contributed by atoms with Crippen molar-refractivity contribution >= 4 is 0 Å². The number of nitrogens with two attached hydrogens (primary N) is 1. The Kier molecular flexibility index (Phi) is 4.10. The first kappa shape index (κ1) is 6.96. The van der Waals surface area contributed by atoms with Crippen LogP contribution < -0.4 is 5.73 Å². The summed E-state index contributed by atoms with van der Waals surface area (Å²) >= 11 is 0. The van der Waals surface area contributed by atoms with E-state index in [1.165, 1.54) is 0 Å². The van der Waals surface area contributed by atoms with Crippen LogP contribution in [-0.4, -0.2) is 6.04 Å². The third kappa shape index (κ3) is 3.80. The van der Waals surface area contributed by atoms with Gasteiger partial charge in [-0.3, -0.25) is 0 Å². The van der Waals surface area contributed by atoms with Gasteiger partial charge in [0.05, 0.1) is 0 Å². The van der Waals surface area contributed by atoms with Gasteiger partial charge < -0.3 is 5.73 Å². The average molecular weight is 99.2 g/mol. The van der Waals surface area contributed by atoms with Crippen LogP contribution in [0.25, 0.3) is 0 Å². The van der Waals surface area contributed by atoms with E-state index in [0.29, 0.717) is 0 Å². The van der Waals surface area contributed by atoms with Crippen LogP contribution in [0.3, 0.4) is 0 Å². The standard InChI is InChI=1S/C6H13N/c1-3-5-6(7)4-2/h6H,1-5,7H2. The second-order valence-electron chi connectivity index (χ2n) is 1.69. The minimum atomic E-state index is 0.275.